The van der Waals surface area contributed by atoms with Crippen LogP contribution in [0, 0.1) is 5.92 Å². The van der Waals surface area contributed by atoms with E-state index in [0.29, 0.717) is 19.3 Å². The number of carbonyl (C=O) groups excluding carboxylic acids is 3. The minimum absolute atomic E-state index is 0.162. The Morgan fingerprint density at radius 3 is 1.89 bits per heavy atom. The highest BCUT2D eigenvalue weighted by atomic mass is 31.2. The number of phosphoric ester groups is 1. The zero-order chi connectivity index (χ0) is 32.9. The lowest BCUT2D eigenvalue weighted by molar-refractivity contribution is -0.161. The quantitative estimate of drug-likeness (QED) is 0.0259. The molecule has 9 nitrogen and oxygen atoms in total. The fourth-order valence-corrected chi connectivity index (χ4v) is 4.90. The molecule has 1 atom stereocenters. The summed E-state index contributed by atoms with van der Waals surface area (Å²) in [5.74, 6) is -0.0310. The van der Waals surface area contributed by atoms with Gasteiger partial charge in [-0.25, -0.2) is 4.57 Å². The van der Waals surface area contributed by atoms with Crippen molar-refractivity contribution < 1.29 is 42.7 Å². The average molecular weight is 645 g/mol. The van der Waals surface area contributed by atoms with E-state index in [1.54, 1.807) is 12.2 Å². The van der Waals surface area contributed by atoms with Gasteiger partial charge in [-0.2, -0.15) is 0 Å². The fourth-order valence-electron chi connectivity index (χ4n) is 4.54. The van der Waals surface area contributed by atoms with Gasteiger partial charge >= 0.3 is 19.8 Å². The Kier molecular flexibility index (Phi) is 27.5. The molecule has 0 aromatic heterocycles. The minimum Gasteiger partial charge on any atom is -0.462 e. The van der Waals surface area contributed by atoms with Crippen LogP contribution in [0.25, 0.3) is 0 Å². The van der Waals surface area contributed by atoms with Crippen LogP contribution < -0.4 is 0 Å². The summed E-state index contributed by atoms with van der Waals surface area (Å²) in [5, 5.41) is 0. The molecule has 0 unspecified atom stereocenters. The molecule has 0 bridgehead atoms. The molecule has 44 heavy (non-hydrogen) atoms. The van der Waals surface area contributed by atoms with E-state index in [0.717, 1.165) is 76.5 Å². The van der Waals surface area contributed by atoms with Crippen molar-refractivity contribution in [3.05, 3.63) is 24.3 Å². The summed E-state index contributed by atoms with van der Waals surface area (Å²) in [5.41, 5.74) is 0. The fraction of sp³-hybridized carbons (Fsp3) is 0.794. The summed E-state index contributed by atoms with van der Waals surface area (Å²) in [6.07, 6.45) is 24.8. The van der Waals surface area contributed by atoms with Gasteiger partial charge in [0.1, 0.15) is 6.61 Å². The molecule has 0 heterocycles. The number of ether oxygens (including phenoxy) is 2. The van der Waals surface area contributed by atoms with Gasteiger partial charge in [-0.05, 0) is 44.1 Å². The van der Waals surface area contributed by atoms with Crippen LogP contribution in [0.2, 0.25) is 0 Å². The molecule has 0 radical (unpaired) electrons. The number of carbonyl (C=O) groups is 3. The van der Waals surface area contributed by atoms with Crippen LogP contribution in [-0.2, 0) is 32.9 Å². The number of unbranched alkanes of at least 4 members (excludes halogenated alkanes) is 13. The molecule has 2 N–H and O–H groups in total. The molecule has 0 aliphatic heterocycles. The number of esters is 2. The zero-order valence-electron chi connectivity index (χ0n) is 27.7. The Morgan fingerprint density at radius 1 is 0.705 bits per heavy atom. The maximum Gasteiger partial charge on any atom is 0.469 e. The van der Waals surface area contributed by atoms with Gasteiger partial charge in [-0.1, -0.05) is 116 Å². The third-order valence-electron chi connectivity index (χ3n) is 7.13. The number of allylic oxidation sites excluding steroid dienone is 4. The van der Waals surface area contributed by atoms with Crippen LogP contribution in [0.1, 0.15) is 149 Å². The summed E-state index contributed by atoms with van der Waals surface area (Å²) in [6, 6.07) is 0. The summed E-state index contributed by atoms with van der Waals surface area (Å²) in [4.78, 5) is 54.1. The van der Waals surface area contributed by atoms with Crippen molar-refractivity contribution in [1.29, 1.82) is 0 Å². The number of rotatable bonds is 30. The van der Waals surface area contributed by atoms with Crippen LogP contribution in [0.15, 0.2) is 24.3 Å². The first-order chi connectivity index (χ1) is 21.0. The highest BCUT2D eigenvalue weighted by molar-refractivity contribution is 7.46. The molecule has 0 rings (SSSR count). The van der Waals surface area contributed by atoms with E-state index in [1.807, 2.05) is 6.08 Å². The molecule has 0 aromatic carbocycles. The molecule has 0 saturated carbocycles. The predicted octanol–water partition coefficient (Wildman–Crippen LogP) is 8.71. The van der Waals surface area contributed by atoms with Gasteiger partial charge in [0.05, 0.1) is 6.61 Å². The van der Waals surface area contributed by atoms with Crippen LogP contribution in [0.5, 0.6) is 0 Å². The SMILES string of the molecule is CCCCCC(=O)/C=C/C=C\CCCCCCCC(=O)O[C@H](COC(=O)CCCCCCCCCC(C)C)COP(=O)(O)O. The molecule has 0 saturated heterocycles. The maximum absolute atomic E-state index is 12.3. The van der Waals surface area contributed by atoms with Crippen LogP contribution in [-0.4, -0.2) is 46.8 Å². The Labute approximate surface area is 266 Å². The van der Waals surface area contributed by atoms with Gasteiger partial charge in [-0.3, -0.25) is 18.9 Å². The minimum atomic E-state index is -4.76. The van der Waals surface area contributed by atoms with Gasteiger partial charge in [-0.15, -0.1) is 0 Å². The maximum atomic E-state index is 12.3. The van der Waals surface area contributed by atoms with Crippen molar-refractivity contribution in [1.82, 2.24) is 0 Å². The van der Waals surface area contributed by atoms with E-state index in [1.165, 1.54) is 25.7 Å². The van der Waals surface area contributed by atoms with Gasteiger partial charge < -0.3 is 19.3 Å². The first-order valence-electron chi connectivity index (χ1n) is 16.9. The smallest absolute Gasteiger partial charge is 0.462 e. The molecule has 0 amide bonds. The van der Waals surface area contributed by atoms with Crippen molar-refractivity contribution in [3.63, 3.8) is 0 Å². The van der Waals surface area contributed by atoms with Gasteiger partial charge in [0, 0.05) is 19.3 Å². The van der Waals surface area contributed by atoms with E-state index < -0.39 is 32.5 Å². The van der Waals surface area contributed by atoms with Crippen LogP contribution in [0.4, 0.5) is 0 Å². The molecular formula is C34H61O9P. The van der Waals surface area contributed by atoms with E-state index in [4.69, 9.17) is 19.3 Å². The number of hydrogen-bond acceptors (Lipinski definition) is 7. The molecular weight excluding hydrogens is 583 g/mol. The van der Waals surface area contributed by atoms with E-state index in [2.05, 4.69) is 31.4 Å². The topological polar surface area (TPSA) is 136 Å². The number of ketones is 1. The molecule has 256 valence electrons. The highest BCUT2D eigenvalue weighted by Gasteiger charge is 2.22. The lowest BCUT2D eigenvalue weighted by Crippen LogP contribution is -2.29. The monoisotopic (exact) mass is 644 g/mol. The zero-order valence-corrected chi connectivity index (χ0v) is 28.6. The van der Waals surface area contributed by atoms with E-state index in [9.17, 15) is 18.9 Å². The standard InChI is InChI=1S/C34H61O9P/c1-4-5-18-24-31(35)25-20-15-11-7-6-8-12-17-22-27-34(37)43-32(29-42-44(38,39)40)28-41-33(36)26-21-16-13-9-10-14-19-23-30(2)3/h11,15,20,25,30,32H,4-10,12-14,16-19,21-24,26-29H2,1-3H3,(H2,38,39,40)/b15-11-,25-20+/t32-/m1/s1. The van der Waals surface area contributed by atoms with Crippen LogP contribution in [0.3, 0.4) is 0 Å². The normalized spacial score (nSPS) is 12.8. The summed E-state index contributed by atoms with van der Waals surface area (Å²) >= 11 is 0. The molecule has 10 heteroatoms. The van der Waals surface area contributed by atoms with Crippen LogP contribution >= 0.6 is 7.82 Å². The average Bonchev–Trinajstić information content (AvgIpc) is 2.95. The highest BCUT2D eigenvalue weighted by Crippen LogP contribution is 2.36. The second-order valence-corrected chi connectivity index (χ2v) is 13.2. The number of hydrogen-bond donors (Lipinski definition) is 2. The summed E-state index contributed by atoms with van der Waals surface area (Å²) < 4.78 is 26.1. The Hall–Kier alpha value is -1.80. The van der Waals surface area contributed by atoms with E-state index in [-0.39, 0.29) is 25.2 Å². The first kappa shape index (κ1) is 42.2. The number of phosphoric acid groups is 1. The summed E-state index contributed by atoms with van der Waals surface area (Å²) in [7, 11) is -4.76. The molecule has 0 aliphatic carbocycles. The Bertz CT molecular complexity index is 848. The third kappa shape index (κ3) is 31.6. The lowest BCUT2D eigenvalue weighted by Gasteiger charge is -2.18. The largest absolute Gasteiger partial charge is 0.469 e. The molecule has 0 aliphatic rings. The second kappa shape index (κ2) is 28.7. The molecule has 0 spiro atoms. The predicted molar refractivity (Wildman–Crippen MR) is 175 cm³/mol. The van der Waals surface area contributed by atoms with Crippen molar-refractivity contribution in [3.8, 4) is 0 Å². The molecule has 0 aromatic rings. The second-order valence-electron chi connectivity index (χ2n) is 12.0. The Balaban J connectivity index is 4.10. The Morgan fingerprint density at radius 2 is 1.27 bits per heavy atom. The van der Waals surface area contributed by atoms with Gasteiger partial charge in [0.15, 0.2) is 11.9 Å². The van der Waals surface area contributed by atoms with Crippen molar-refractivity contribution in [2.45, 2.75) is 155 Å². The van der Waals surface area contributed by atoms with Gasteiger partial charge in [0.25, 0.3) is 0 Å². The third-order valence-corrected chi connectivity index (χ3v) is 7.61. The first-order valence-corrected chi connectivity index (χ1v) is 18.5. The van der Waals surface area contributed by atoms with Crippen molar-refractivity contribution >= 4 is 25.5 Å². The lowest BCUT2D eigenvalue weighted by atomic mass is 10.0. The van der Waals surface area contributed by atoms with E-state index >= 15 is 0 Å². The summed E-state index contributed by atoms with van der Waals surface area (Å²) in [6.45, 7) is 5.73. The van der Waals surface area contributed by atoms with Crippen molar-refractivity contribution in [2.24, 2.45) is 5.92 Å². The van der Waals surface area contributed by atoms with Gasteiger partial charge in [0.2, 0.25) is 0 Å². The molecule has 0 fully saturated rings. The van der Waals surface area contributed by atoms with Crippen molar-refractivity contribution in [2.75, 3.05) is 13.2 Å².